The molecular weight excluding hydrogens is 293 g/mol. The molecule has 2 N–H and O–H groups in total. The molecule has 21 heavy (non-hydrogen) atoms. The van der Waals surface area contributed by atoms with Gasteiger partial charge in [0.15, 0.2) is 0 Å². The average Bonchev–Trinajstić information content (AvgIpc) is 2.46. The number of hydrogen-bond donors (Lipinski definition) is 1. The lowest BCUT2D eigenvalue weighted by Crippen LogP contribution is -2.44. The van der Waals surface area contributed by atoms with Gasteiger partial charge in [0.1, 0.15) is 10.7 Å². The summed E-state index contributed by atoms with van der Waals surface area (Å²) in [4.78, 5) is 1.88. The van der Waals surface area contributed by atoms with Gasteiger partial charge in [-0.15, -0.1) is 0 Å². The first-order valence-corrected chi connectivity index (χ1v) is 8.45. The van der Waals surface area contributed by atoms with Crippen molar-refractivity contribution in [3.63, 3.8) is 0 Å². The van der Waals surface area contributed by atoms with Gasteiger partial charge < -0.3 is 10.6 Å². The second-order valence-corrected chi connectivity index (χ2v) is 7.49. The van der Waals surface area contributed by atoms with Crippen molar-refractivity contribution in [2.75, 3.05) is 27.2 Å². The Bertz CT molecular complexity index is 598. The molecule has 0 aliphatic carbocycles. The number of nitrogens with two attached hydrogens (primary N) is 1. The van der Waals surface area contributed by atoms with Gasteiger partial charge in [0.25, 0.3) is 0 Å². The summed E-state index contributed by atoms with van der Waals surface area (Å²) < 4.78 is 40.5. The van der Waals surface area contributed by atoms with Crippen molar-refractivity contribution in [3.8, 4) is 0 Å². The molecule has 2 rings (SSSR count). The molecule has 1 fully saturated rings. The maximum Gasteiger partial charge on any atom is 0.245 e. The minimum Gasteiger partial charge on any atom is -0.326 e. The number of sulfonamides is 1. The standard InChI is InChI=1S/C14H22FN3O2S/c1-17-7-5-12(6-8-17)18(2)21(19,20)14-4-3-11(10-16)9-13(14)15/h3-4,9,12H,5-8,10,16H2,1-2H3. The zero-order valence-electron chi connectivity index (χ0n) is 12.4. The van der Waals surface area contributed by atoms with E-state index < -0.39 is 15.8 Å². The zero-order chi connectivity index (χ0) is 15.6. The molecule has 0 amide bonds. The normalized spacial score (nSPS) is 18.3. The fourth-order valence-corrected chi connectivity index (χ4v) is 4.05. The number of likely N-dealkylation sites (tertiary alicyclic amines) is 1. The molecule has 7 heteroatoms. The van der Waals surface area contributed by atoms with Crippen LogP contribution in [0.1, 0.15) is 18.4 Å². The maximum atomic E-state index is 14.1. The van der Waals surface area contributed by atoms with E-state index in [0.717, 1.165) is 25.9 Å². The van der Waals surface area contributed by atoms with E-state index >= 15 is 0 Å². The summed E-state index contributed by atoms with van der Waals surface area (Å²) in [5.74, 6) is -0.738. The van der Waals surface area contributed by atoms with Crippen LogP contribution in [0.5, 0.6) is 0 Å². The second kappa shape index (κ2) is 6.39. The highest BCUT2D eigenvalue weighted by molar-refractivity contribution is 7.89. The Balaban J connectivity index is 2.25. The van der Waals surface area contributed by atoms with Crippen molar-refractivity contribution in [2.24, 2.45) is 5.73 Å². The fourth-order valence-electron chi connectivity index (χ4n) is 2.59. The molecule has 1 aromatic carbocycles. The van der Waals surface area contributed by atoms with Crippen molar-refractivity contribution < 1.29 is 12.8 Å². The molecule has 5 nitrogen and oxygen atoms in total. The lowest BCUT2D eigenvalue weighted by Gasteiger charge is -2.34. The van der Waals surface area contributed by atoms with E-state index in [9.17, 15) is 12.8 Å². The second-order valence-electron chi connectivity index (χ2n) is 5.52. The van der Waals surface area contributed by atoms with Crippen molar-refractivity contribution in [1.29, 1.82) is 0 Å². The van der Waals surface area contributed by atoms with Gasteiger partial charge in [0.05, 0.1) is 0 Å². The lowest BCUT2D eigenvalue weighted by molar-refractivity contribution is 0.197. The Kier molecular flexibility index (Phi) is 4.98. The first kappa shape index (κ1) is 16.4. The van der Waals surface area contributed by atoms with E-state index in [2.05, 4.69) is 4.90 Å². The maximum absolute atomic E-state index is 14.1. The topological polar surface area (TPSA) is 66.6 Å². The molecule has 1 aliphatic heterocycles. The van der Waals surface area contributed by atoms with Gasteiger partial charge in [0.2, 0.25) is 10.0 Å². The third-order valence-electron chi connectivity index (χ3n) is 4.09. The first-order valence-electron chi connectivity index (χ1n) is 7.01. The number of piperidine rings is 1. The molecule has 0 aromatic heterocycles. The molecular formula is C14H22FN3O2S. The number of hydrogen-bond acceptors (Lipinski definition) is 4. The third-order valence-corrected chi connectivity index (χ3v) is 6.03. The summed E-state index contributed by atoms with van der Waals surface area (Å²) in [5.41, 5.74) is 6.01. The quantitative estimate of drug-likeness (QED) is 0.900. The van der Waals surface area contributed by atoms with Crippen LogP contribution in [0.4, 0.5) is 4.39 Å². The predicted molar refractivity (Wildman–Crippen MR) is 79.8 cm³/mol. The number of rotatable bonds is 4. The van der Waals surface area contributed by atoms with Crippen LogP contribution in [0.15, 0.2) is 23.1 Å². The monoisotopic (exact) mass is 315 g/mol. The summed E-state index contributed by atoms with van der Waals surface area (Å²) in [6.45, 7) is 1.88. The predicted octanol–water partition coefficient (Wildman–Crippen LogP) is 0.999. The molecule has 1 aromatic rings. The van der Waals surface area contributed by atoms with Gasteiger partial charge in [-0.1, -0.05) is 6.07 Å². The van der Waals surface area contributed by atoms with E-state index in [-0.39, 0.29) is 17.5 Å². The Morgan fingerprint density at radius 2 is 2.00 bits per heavy atom. The highest BCUT2D eigenvalue weighted by atomic mass is 32.2. The summed E-state index contributed by atoms with van der Waals surface area (Å²) in [6, 6.07) is 3.96. The molecule has 0 bridgehead atoms. The lowest BCUT2D eigenvalue weighted by atomic mass is 10.1. The van der Waals surface area contributed by atoms with Crippen LogP contribution in [0.3, 0.4) is 0 Å². The van der Waals surface area contributed by atoms with E-state index in [4.69, 9.17) is 5.73 Å². The Labute approximate surface area is 125 Å². The first-order chi connectivity index (χ1) is 9.86. The fraction of sp³-hybridized carbons (Fsp3) is 0.571. The summed E-state index contributed by atoms with van der Waals surface area (Å²) in [5, 5.41) is 0. The molecule has 0 saturated carbocycles. The molecule has 1 saturated heterocycles. The Hall–Kier alpha value is -1.02. The van der Waals surface area contributed by atoms with Crippen LogP contribution in [0.2, 0.25) is 0 Å². The van der Waals surface area contributed by atoms with Crippen LogP contribution in [0, 0.1) is 5.82 Å². The molecule has 0 atom stereocenters. The van der Waals surface area contributed by atoms with Gasteiger partial charge in [-0.25, -0.2) is 12.8 Å². The summed E-state index contributed by atoms with van der Waals surface area (Å²) in [7, 11) is -0.274. The smallest absolute Gasteiger partial charge is 0.245 e. The van der Waals surface area contributed by atoms with Crippen molar-refractivity contribution in [3.05, 3.63) is 29.6 Å². The highest BCUT2D eigenvalue weighted by Crippen LogP contribution is 2.24. The minimum atomic E-state index is -3.81. The number of halogens is 1. The summed E-state index contributed by atoms with van der Waals surface area (Å²) >= 11 is 0. The molecule has 0 unspecified atom stereocenters. The molecule has 118 valence electrons. The van der Waals surface area contributed by atoms with Gasteiger partial charge >= 0.3 is 0 Å². The SMILES string of the molecule is CN1CCC(N(C)S(=O)(=O)c2ccc(CN)cc2F)CC1. The van der Waals surface area contributed by atoms with E-state index in [1.165, 1.54) is 23.5 Å². The largest absolute Gasteiger partial charge is 0.326 e. The van der Waals surface area contributed by atoms with Crippen LogP contribution < -0.4 is 5.73 Å². The number of nitrogens with zero attached hydrogens (tertiary/aromatic N) is 2. The van der Waals surface area contributed by atoms with Gasteiger partial charge in [-0.2, -0.15) is 4.31 Å². The van der Waals surface area contributed by atoms with Crippen LogP contribution in [-0.2, 0) is 16.6 Å². The summed E-state index contributed by atoms with van der Waals surface area (Å²) in [6.07, 6.45) is 1.52. The van der Waals surface area contributed by atoms with Crippen molar-refractivity contribution in [1.82, 2.24) is 9.21 Å². The highest BCUT2D eigenvalue weighted by Gasteiger charge is 2.31. The minimum absolute atomic E-state index is 0.0835. The molecule has 1 heterocycles. The average molecular weight is 315 g/mol. The van der Waals surface area contributed by atoms with Crippen LogP contribution in [0.25, 0.3) is 0 Å². The van der Waals surface area contributed by atoms with Gasteiger partial charge in [0, 0.05) is 19.6 Å². The molecule has 0 radical (unpaired) electrons. The van der Waals surface area contributed by atoms with Crippen LogP contribution >= 0.6 is 0 Å². The molecule has 1 aliphatic rings. The third kappa shape index (κ3) is 3.42. The Morgan fingerprint density at radius 3 is 2.52 bits per heavy atom. The number of benzene rings is 1. The van der Waals surface area contributed by atoms with Crippen molar-refractivity contribution in [2.45, 2.75) is 30.3 Å². The van der Waals surface area contributed by atoms with E-state index in [0.29, 0.717) is 5.56 Å². The Morgan fingerprint density at radius 1 is 1.38 bits per heavy atom. The van der Waals surface area contributed by atoms with Crippen molar-refractivity contribution >= 4 is 10.0 Å². The van der Waals surface area contributed by atoms with E-state index in [1.54, 1.807) is 6.07 Å². The van der Waals surface area contributed by atoms with Crippen LogP contribution in [-0.4, -0.2) is 50.8 Å². The van der Waals surface area contributed by atoms with Gasteiger partial charge in [-0.3, -0.25) is 0 Å². The van der Waals surface area contributed by atoms with Gasteiger partial charge in [-0.05, 0) is 50.7 Å². The zero-order valence-corrected chi connectivity index (χ0v) is 13.2. The molecule has 0 spiro atoms. The van der Waals surface area contributed by atoms with E-state index in [1.807, 2.05) is 7.05 Å².